The zero-order chi connectivity index (χ0) is 13.3. The first kappa shape index (κ1) is 14.4. The van der Waals surface area contributed by atoms with Gasteiger partial charge in [0.25, 0.3) is 0 Å². The van der Waals surface area contributed by atoms with E-state index in [1.165, 1.54) is 38.0 Å². The van der Waals surface area contributed by atoms with Crippen LogP contribution in [0.5, 0.6) is 5.75 Å². The Hall–Kier alpha value is -1.06. The molecule has 1 aliphatic rings. The van der Waals surface area contributed by atoms with E-state index in [-0.39, 0.29) is 0 Å². The summed E-state index contributed by atoms with van der Waals surface area (Å²) in [6, 6.07) is 8.45. The molecule has 0 bridgehead atoms. The molecule has 0 radical (unpaired) electrons. The van der Waals surface area contributed by atoms with Gasteiger partial charge in [-0.05, 0) is 76.0 Å². The molecular weight excluding hydrogens is 236 g/mol. The molecule has 0 atom stereocenters. The van der Waals surface area contributed by atoms with Crippen molar-refractivity contribution in [3.63, 3.8) is 0 Å². The predicted molar refractivity (Wildman–Crippen MR) is 79.8 cm³/mol. The van der Waals surface area contributed by atoms with Gasteiger partial charge in [-0.25, -0.2) is 0 Å². The maximum Gasteiger partial charge on any atom is 0.119 e. The topological polar surface area (TPSA) is 33.3 Å². The lowest BCUT2D eigenvalue weighted by Crippen LogP contribution is -2.34. The van der Waals surface area contributed by atoms with E-state index >= 15 is 0 Å². The maximum atomic E-state index is 5.44. The Labute approximate surface area is 116 Å². The van der Waals surface area contributed by atoms with Gasteiger partial charge in [0, 0.05) is 0 Å². The SMILES string of the molecule is CCOc1ccc(CCNCC2CCNCC2)cc1. The Balaban J connectivity index is 1.62. The second-order valence-electron chi connectivity index (χ2n) is 5.22. The van der Waals surface area contributed by atoms with Crippen LogP contribution in [0.4, 0.5) is 0 Å². The molecule has 19 heavy (non-hydrogen) atoms. The van der Waals surface area contributed by atoms with Crippen LogP contribution in [0.3, 0.4) is 0 Å². The number of rotatable bonds is 7. The van der Waals surface area contributed by atoms with Crippen LogP contribution in [0, 0.1) is 5.92 Å². The van der Waals surface area contributed by atoms with Crippen LogP contribution >= 0.6 is 0 Å². The fraction of sp³-hybridized carbons (Fsp3) is 0.625. The Morgan fingerprint density at radius 1 is 1.21 bits per heavy atom. The number of benzene rings is 1. The van der Waals surface area contributed by atoms with E-state index in [9.17, 15) is 0 Å². The van der Waals surface area contributed by atoms with Crippen LogP contribution in [0.25, 0.3) is 0 Å². The lowest BCUT2D eigenvalue weighted by Gasteiger charge is -2.22. The van der Waals surface area contributed by atoms with Crippen molar-refractivity contribution in [3.8, 4) is 5.75 Å². The average Bonchev–Trinajstić information content (AvgIpc) is 2.47. The van der Waals surface area contributed by atoms with Crippen molar-refractivity contribution < 1.29 is 4.74 Å². The molecule has 0 aliphatic carbocycles. The highest BCUT2D eigenvalue weighted by atomic mass is 16.5. The van der Waals surface area contributed by atoms with Gasteiger partial charge in [-0.15, -0.1) is 0 Å². The van der Waals surface area contributed by atoms with Crippen LogP contribution < -0.4 is 15.4 Å². The molecule has 1 aromatic carbocycles. The molecule has 2 N–H and O–H groups in total. The summed E-state index contributed by atoms with van der Waals surface area (Å²) in [5, 5.41) is 6.99. The fourth-order valence-corrected chi connectivity index (χ4v) is 2.54. The molecule has 2 rings (SSSR count). The number of hydrogen-bond acceptors (Lipinski definition) is 3. The quantitative estimate of drug-likeness (QED) is 0.739. The summed E-state index contributed by atoms with van der Waals surface area (Å²) >= 11 is 0. The largest absolute Gasteiger partial charge is 0.494 e. The van der Waals surface area contributed by atoms with E-state index < -0.39 is 0 Å². The molecule has 0 spiro atoms. The van der Waals surface area contributed by atoms with Gasteiger partial charge in [0.2, 0.25) is 0 Å². The molecule has 1 fully saturated rings. The van der Waals surface area contributed by atoms with Gasteiger partial charge in [0.05, 0.1) is 6.61 Å². The summed E-state index contributed by atoms with van der Waals surface area (Å²) in [7, 11) is 0. The third-order valence-corrected chi connectivity index (χ3v) is 3.72. The first-order chi connectivity index (χ1) is 9.38. The fourth-order valence-electron chi connectivity index (χ4n) is 2.54. The van der Waals surface area contributed by atoms with E-state index in [1.54, 1.807) is 0 Å². The van der Waals surface area contributed by atoms with Crippen LogP contribution in [0.1, 0.15) is 25.3 Å². The van der Waals surface area contributed by atoms with E-state index in [0.29, 0.717) is 0 Å². The summed E-state index contributed by atoms with van der Waals surface area (Å²) in [5.41, 5.74) is 1.38. The monoisotopic (exact) mass is 262 g/mol. The number of piperidine rings is 1. The Morgan fingerprint density at radius 3 is 2.63 bits per heavy atom. The average molecular weight is 262 g/mol. The smallest absolute Gasteiger partial charge is 0.119 e. The highest BCUT2D eigenvalue weighted by Crippen LogP contribution is 2.12. The minimum absolute atomic E-state index is 0.733. The number of hydrogen-bond donors (Lipinski definition) is 2. The Kier molecular flexibility index (Phi) is 6.18. The lowest BCUT2D eigenvalue weighted by atomic mass is 9.98. The third-order valence-electron chi connectivity index (χ3n) is 3.72. The molecule has 0 aromatic heterocycles. The van der Waals surface area contributed by atoms with Crippen molar-refractivity contribution in [1.82, 2.24) is 10.6 Å². The van der Waals surface area contributed by atoms with E-state index in [1.807, 2.05) is 6.92 Å². The Morgan fingerprint density at radius 2 is 1.95 bits per heavy atom. The normalized spacial score (nSPS) is 16.5. The summed E-state index contributed by atoms with van der Waals surface area (Å²) < 4.78 is 5.44. The van der Waals surface area contributed by atoms with Crippen molar-refractivity contribution >= 4 is 0 Å². The molecule has 0 amide bonds. The van der Waals surface area contributed by atoms with Gasteiger partial charge < -0.3 is 15.4 Å². The zero-order valence-electron chi connectivity index (χ0n) is 12.0. The van der Waals surface area contributed by atoms with Gasteiger partial charge in [-0.2, -0.15) is 0 Å². The minimum Gasteiger partial charge on any atom is -0.494 e. The summed E-state index contributed by atoms with van der Waals surface area (Å²) in [4.78, 5) is 0. The molecule has 106 valence electrons. The molecular formula is C16H26N2O. The van der Waals surface area contributed by atoms with Gasteiger partial charge >= 0.3 is 0 Å². The van der Waals surface area contributed by atoms with Crippen LogP contribution in [-0.2, 0) is 6.42 Å². The molecule has 1 aromatic rings. The van der Waals surface area contributed by atoms with Crippen LogP contribution in [-0.4, -0.2) is 32.8 Å². The highest BCUT2D eigenvalue weighted by molar-refractivity contribution is 5.27. The van der Waals surface area contributed by atoms with Crippen molar-refractivity contribution in [2.24, 2.45) is 5.92 Å². The summed E-state index contributed by atoms with van der Waals surface area (Å²) in [6.07, 6.45) is 3.73. The van der Waals surface area contributed by atoms with Gasteiger partial charge in [0.1, 0.15) is 5.75 Å². The van der Waals surface area contributed by atoms with E-state index in [0.717, 1.165) is 31.2 Å². The number of nitrogens with one attached hydrogen (secondary N) is 2. The zero-order valence-corrected chi connectivity index (χ0v) is 12.0. The number of ether oxygens (including phenoxy) is 1. The van der Waals surface area contributed by atoms with Crippen molar-refractivity contribution in [2.45, 2.75) is 26.2 Å². The van der Waals surface area contributed by atoms with Gasteiger partial charge in [-0.1, -0.05) is 12.1 Å². The van der Waals surface area contributed by atoms with Gasteiger partial charge in [-0.3, -0.25) is 0 Å². The van der Waals surface area contributed by atoms with Crippen LogP contribution in [0.15, 0.2) is 24.3 Å². The standard InChI is InChI=1S/C16H26N2O/c1-2-19-16-5-3-14(4-6-16)7-12-18-13-15-8-10-17-11-9-15/h3-6,15,17-18H,2,7-13H2,1H3. The second kappa shape index (κ2) is 8.18. The molecule has 3 heteroatoms. The van der Waals surface area contributed by atoms with Gasteiger partial charge in [0.15, 0.2) is 0 Å². The maximum absolute atomic E-state index is 5.44. The van der Waals surface area contributed by atoms with Crippen molar-refractivity contribution in [3.05, 3.63) is 29.8 Å². The predicted octanol–water partition coefficient (Wildman–Crippen LogP) is 2.22. The van der Waals surface area contributed by atoms with Crippen LogP contribution in [0.2, 0.25) is 0 Å². The summed E-state index contributed by atoms with van der Waals surface area (Å²) in [5.74, 6) is 1.83. The molecule has 0 saturated carbocycles. The van der Waals surface area contributed by atoms with E-state index in [2.05, 4.69) is 34.9 Å². The van der Waals surface area contributed by atoms with Crippen molar-refractivity contribution in [1.29, 1.82) is 0 Å². The third kappa shape index (κ3) is 5.21. The first-order valence-corrected chi connectivity index (χ1v) is 7.51. The second-order valence-corrected chi connectivity index (χ2v) is 5.22. The molecule has 1 aliphatic heterocycles. The molecule has 0 unspecified atom stereocenters. The van der Waals surface area contributed by atoms with Crippen molar-refractivity contribution in [2.75, 3.05) is 32.8 Å². The summed E-state index contributed by atoms with van der Waals surface area (Å²) in [6.45, 7) is 7.35. The van der Waals surface area contributed by atoms with E-state index in [4.69, 9.17) is 4.74 Å². The minimum atomic E-state index is 0.733. The highest BCUT2D eigenvalue weighted by Gasteiger charge is 2.11. The molecule has 1 saturated heterocycles. The lowest BCUT2D eigenvalue weighted by molar-refractivity contribution is 0.340. The Bertz CT molecular complexity index is 344. The molecule has 3 nitrogen and oxygen atoms in total. The molecule has 1 heterocycles. The first-order valence-electron chi connectivity index (χ1n) is 7.51.